The zero-order valence-corrected chi connectivity index (χ0v) is 9.68. The van der Waals surface area contributed by atoms with Gasteiger partial charge in [0.15, 0.2) is 0 Å². The molecule has 0 bridgehead atoms. The predicted octanol–water partition coefficient (Wildman–Crippen LogP) is 1.66. The zero-order valence-electron chi connectivity index (χ0n) is 9.68. The fourth-order valence-electron chi connectivity index (χ4n) is 1.78. The smallest absolute Gasteiger partial charge is 0.419 e. The standard InChI is InChI=1S/C10H11F3N4O2/c11-10(12,13)6-3-14-8(15-4-6)16-7-1-2-17(5-7)9(18)19/h3-4,7H,1-2,5H2,(H,18,19)(H,14,15,16)/t7-/m1/s1. The van der Waals surface area contributed by atoms with Crippen molar-refractivity contribution in [2.75, 3.05) is 18.4 Å². The summed E-state index contributed by atoms with van der Waals surface area (Å²) >= 11 is 0. The Labute approximate surface area is 106 Å². The molecule has 0 spiro atoms. The Morgan fingerprint density at radius 3 is 2.53 bits per heavy atom. The third-order valence-corrected chi connectivity index (χ3v) is 2.77. The summed E-state index contributed by atoms with van der Waals surface area (Å²) in [6.45, 7) is 0.646. The van der Waals surface area contributed by atoms with E-state index in [4.69, 9.17) is 5.11 Å². The normalized spacial score (nSPS) is 19.5. The lowest BCUT2D eigenvalue weighted by Crippen LogP contribution is -2.30. The molecule has 0 saturated carbocycles. The maximum atomic E-state index is 12.3. The molecule has 104 valence electrons. The number of carboxylic acid groups (broad SMARTS) is 1. The second-order valence-electron chi connectivity index (χ2n) is 4.15. The minimum absolute atomic E-state index is 0.0604. The highest BCUT2D eigenvalue weighted by atomic mass is 19.4. The van der Waals surface area contributed by atoms with Gasteiger partial charge in [-0.15, -0.1) is 0 Å². The van der Waals surface area contributed by atoms with E-state index in [0.717, 1.165) is 0 Å². The fourth-order valence-corrected chi connectivity index (χ4v) is 1.78. The second kappa shape index (κ2) is 4.90. The number of likely N-dealkylation sites (tertiary alicyclic amines) is 1. The summed E-state index contributed by atoms with van der Waals surface area (Å²) in [7, 11) is 0. The summed E-state index contributed by atoms with van der Waals surface area (Å²) in [5.41, 5.74) is -0.920. The maximum Gasteiger partial charge on any atom is 0.419 e. The summed E-state index contributed by atoms with van der Waals surface area (Å²) < 4.78 is 36.9. The Kier molecular flexibility index (Phi) is 3.45. The van der Waals surface area contributed by atoms with Crippen molar-refractivity contribution in [3.8, 4) is 0 Å². The van der Waals surface area contributed by atoms with Gasteiger partial charge in [-0.1, -0.05) is 0 Å². The Morgan fingerprint density at radius 2 is 2.05 bits per heavy atom. The molecule has 2 rings (SSSR count). The first-order valence-electron chi connectivity index (χ1n) is 5.50. The number of carbonyl (C=O) groups is 1. The molecule has 1 amide bonds. The van der Waals surface area contributed by atoms with Crippen LogP contribution < -0.4 is 5.32 Å². The molecule has 1 aromatic heterocycles. The van der Waals surface area contributed by atoms with Crippen LogP contribution in [-0.2, 0) is 6.18 Å². The number of halogens is 3. The van der Waals surface area contributed by atoms with Crippen molar-refractivity contribution in [1.82, 2.24) is 14.9 Å². The molecule has 9 heteroatoms. The van der Waals surface area contributed by atoms with Crippen LogP contribution in [0.2, 0.25) is 0 Å². The lowest BCUT2D eigenvalue weighted by Gasteiger charge is -2.14. The summed E-state index contributed by atoms with van der Waals surface area (Å²) in [5.74, 6) is 0.0604. The van der Waals surface area contributed by atoms with Crippen molar-refractivity contribution in [3.63, 3.8) is 0 Å². The molecule has 0 unspecified atom stereocenters. The Bertz CT molecular complexity index is 463. The van der Waals surface area contributed by atoms with Crippen LogP contribution in [0, 0.1) is 0 Å². The fraction of sp³-hybridized carbons (Fsp3) is 0.500. The minimum Gasteiger partial charge on any atom is -0.465 e. The molecule has 1 aromatic rings. The highest BCUT2D eigenvalue weighted by Crippen LogP contribution is 2.28. The Balaban J connectivity index is 1.96. The van der Waals surface area contributed by atoms with E-state index in [1.807, 2.05) is 0 Å². The van der Waals surface area contributed by atoms with E-state index >= 15 is 0 Å². The number of aromatic nitrogens is 2. The lowest BCUT2D eigenvalue weighted by molar-refractivity contribution is -0.138. The van der Waals surface area contributed by atoms with Crippen LogP contribution in [0.5, 0.6) is 0 Å². The molecule has 1 aliphatic rings. The van der Waals surface area contributed by atoms with E-state index in [1.54, 1.807) is 0 Å². The van der Waals surface area contributed by atoms with Gasteiger partial charge in [-0.05, 0) is 6.42 Å². The van der Waals surface area contributed by atoms with Crippen molar-refractivity contribution < 1.29 is 23.1 Å². The van der Waals surface area contributed by atoms with Crippen LogP contribution in [0.4, 0.5) is 23.9 Å². The maximum absolute atomic E-state index is 12.3. The van der Waals surface area contributed by atoms with Crippen molar-refractivity contribution in [2.24, 2.45) is 0 Å². The van der Waals surface area contributed by atoms with Gasteiger partial charge in [0.25, 0.3) is 0 Å². The monoisotopic (exact) mass is 276 g/mol. The van der Waals surface area contributed by atoms with E-state index in [9.17, 15) is 18.0 Å². The average molecular weight is 276 g/mol. The first-order chi connectivity index (χ1) is 8.86. The van der Waals surface area contributed by atoms with Crippen molar-refractivity contribution >= 4 is 12.0 Å². The Morgan fingerprint density at radius 1 is 1.42 bits per heavy atom. The predicted molar refractivity (Wildman–Crippen MR) is 58.7 cm³/mol. The topological polar surface area (TPSA) is 78.4 Å². The van der Waals surface area contributed by atoms with E-state index in [2.05, 4.69) is 15.3 Å². The molecule has 0 radical (unpaired) electrons. The molecule has 1 atom stereocenters. The minimum atomic E-state index is -4.47. The number of alkyl halides is 3. The number of hydrogen-bond donors (Lipinski definition) is 2. The van der Waals surface area contributed by atoms with Crippen molar-refractivity contribution in [2.45, 2.75) is 18.6 Å². The van der Waals surface area contributed by atoms with Gasteiger partial charge >= 0.3 is 12.3 Å². The molecular weight excluding hydrogens is 265 g/mol. The number of hydrogen-bond acceptors (Lipinski definition) is 4. The van der Waals surface area contributed by atoms with Gasteiger partial charge in [0.2, 0.25) is 5.95 Å². The number of nitrogens with one attached hydrogen (secondary N) is 1. The summed E-state index contributed by atoms with van der Waals surface area (Å²) in [6, 6.07) is -0.187. The van der Waals surface area contributed by atoms with Gasteiger partial charge in [0.05, 0.1) is 5.56 Å². The van der Waals surface area contributed by atoms with E-state index in [1.165, 1.54) is 4.90 Å². The molecule has 2 N–H and O–H groups in total. The number of nitrogens with zero attached hydrogens (tertiary/aromatic N) is 3. The van der Waals surface area contributed by atoms with Crippen LogP contribution in [0.15, 0.2) is 12.4 Å². The molecule has 0 aliphatic carbocycles. The lowest BCUT2D eigenvalue weighted by atomic mass is 10.3. The third-order valence-electron chi connectivity index (χ3n) is 2.77. The number of rotatable bonds is 2. The van der Waals surface area contributed by atoms with Gasteiger partial charge in [-0.25, -0.2) is 14.8 Å². The summed E-state index contributed by atoms with van der Waals surface area (Å²) in [6.07, 6.45) is -3.53. The second-order valence-corrected chi connectivity index (χ2v) is 4.15. The Hall–Kier alpha value is -2.06. The first-order valence-corrected chi connectivity index (χ1v) is 5.50. The molecule has 1 saturated heterocycles. The SMILES string of the molecule is O=C(O)N1CC[C@@H](Nc2ncc(C(F)(F)F)cn2)C1. The van der Waals surface area contributed by atoms with Gasteiger partial charge in [0.1, 0.15) is 0 Å². The first kappa shape index (κ1) is 13.4. The average Bonchev–Trinajstić information content (AvgIpc) is 2.77. The van der Waals surface area contributed by atoms with Crippen LogP contribution in [0.1, 0.15) is 12.0 Å². The zero-order chi connectivity index (χ0) is 14.0. The molecule has 1 aliphatic heterocycles. The van der Waals surface area contributed by atoms with E-state index in [0.29, 0.717) is 25.4 Å². The van der Waals surface area contributed by atoms with Gasteiger partial charge in [-0.2, -0.15) is 13.2 Å². The number of amides is 1. The summed E-state index contributed by atoms with van der Waals surface area (Å²) in [4.78, 5) is 19.1. The third kappa shape index (κ3) is 3.24. The van der Waals surface area contributed by atoms with Crippen molar-refractivity contribution in [3.05, 3.63) is 18.0 Å². The molecular formula is C10H11F3N4O2. The van der Waals surface area contributed by atoms with Crippen molar-refractivity contribution in [1.29, 1.82) is 0 Å². The highest BCUT2D eigenvalue weighted by molar-refractivity contribution is 5.65. The van der Waals surface area contributed by atoms with Gasteiger partial charge < -0.3 is 15.3 Å². The molecule has 6 nitrogen and oxygen atoms in total. The molecule has 0 aromatic carbocycles. The molecule has 19 heavy (non-hydrogen) atoms. The van der Waals surface area contributed by atoms with Crippen LogP contribution in [0.3, 0.4) is 0 Å². The van der Waals surface area contributed by atoms with E-state index < -0.39 is 17.8 Å². The van der Waals surface area contributed by atoms with Crippen LogP contribution in [0.25, 0.3) is 0 Å². The van der Waals surface area contributed by atoms with Gasteiger partial charge in [0, 0.05) is 31.5 Å². The number of anilines is 1. The van der Waals surface area contributed by atoms with Crippen LogP contribution >= 0.6 is 0 Å². The summed E-state index contributed by atoms with van der Waals surface area (Å²) in [5, 5.41) is 11.6. The highest BCUT2D eigenvalue weighted by Gasteiger charge is 2.31. The van der Waals surface area contributed by atoms with Crippen LogP contribution in [-0.4, -0.2) is 45.2 Å². The largest absolute Gasteiger partial charge is 0.465 e. The molecule has 2 heterocycles. The van der Waals surface area contributed by atoms with Gasteiger partial charge in [-0.3, -0.25) is 0 Å². The molecule has 1 fully saturated rings. The van der Waals surface area contributed by atoms with E-state index in [-0.39, 0.29) is 18.5 Å². The quantitative estimate of drug-likeness (QED) is 0.859.